The third-order valence-corrected chi connectivity index (χ3v) is 4.26. The van der Waals surface area contributed by atoms with Crippen LogP contribution >= 0.6 is 0 Å². The van der Waals surface area contributed by atoms with Crippen molar-refractivity contribution in [1.29, 1.82) is 0 Å². The van der Waals surface area contributed by atoms with Crippen LogP contribution in [-0.2, 0) is 12.8 Å². The van der Waals surface area contributed by atoms with E-state index in [1.54, 1.807) is 11.1 Å². The Morgan fingerprint density at radius 3 is 2.25 bits per heavy atom. The summed E-state index contributed by atoms with van der Waals surface area (Å²) < 4.78 is 0. The van der Waals surface area contributed by atoms with Crippen LogP contribution in [0.5, 0.6) is 0 Å². The lowest BCUT2D eigenvalue weighted by molar-refractivity contribution is 0.690. The molecule has 0 amide bonds. The molecule has 1 aliphatic rings. The van der Waals surface area contributed by atoms with Crippen molar-refractivity contribution in [2.45, 2.75) is 25.7 Å². The molecule has 0 saturated heterocycles. The lowest BCUT2D eigenvalue weighted by Gasteiger charge is -2.18. The second-order valence-corrected chi connectivity index (χ2v) is 5.29. The van der Waals surface area contributed by atoms with Gasteiger partial charge in [-0.05, 0) is 58.4 Å². The summed E-state index contributed by atoms with van der Waals surface area (Å²) in [5.74, 6) is 0. The van der Waals surface area contributed by atoms with Crippen molar-refractivity contribution in [3.63, 3.8) is 0 Å². The summed E-state index contributed by atoms with van der Waals surface area (Å²) in [4.78, 5) is 0. The number of fused-ring (bicyclic) bond motifs is 5. The highest BCUT2D eigenvalue weighted by atomic mass is 16.0. The minimum atomic E-state index is 0. The number of benzene rings is 3. The van der Waals surface area contributed by atoms with E-state index in [1.807, 2.05) is 0 Å². The summed E-state index contributed by atoms with van der Waals surface area (Å²) in [6.07, 6.45) is 5.22. The van der Waals surface area contributed by atoms with Crippen molar-refractivity contribution in [1.82, 2.24) is 0 Å². The molecule has 0 unspecified atom stereocenters. The minimum absolute atomic E-state index is 0. The van der Waals surface area contributed by atoms with E-state index in [1.165, 1.54) is 47.2 Å². The maximum Gasteiger partial charge on any atom is -0.0102 e. The van der Waals surface area contributed by atoms with Gasteiger partial charge in [-0.15, -0.1) is 0 Å². The molecule has 0 atom stereocenters. The van der Waals surface area contributed by atoms with Crippen LogP contribution in [-0.4, -0.2) is 11.0 Å². The second-order valence-electron chi connectivity index (χ2n) is 5.29. The van der Waals surface area contributed by atoms with Gasteiger partial charge < -0.3 is 11.0 Å². The summed E-state index contributed by atoms with van der Waals surface area (Å²) in [5, 5.41) is 5.64. The van der Waals surface area contributed by atoms with Gasteiger partial charge in [0.2, 0.25) is 0 Å². The van der Waals surface area contributed by atoms with E-state index >= 15 is 0 Å². The van der Waals surface area contributed by atoms with Crippen LogP contribution in [0, 0.1) is 0 Å². The normalized spacial score (nSPS) is 13.4. The number of hydrogen-bond acceptors (Lipinski definition) is 0. The van der Waals surface area contributed by atoms with Crippen molar-refractivity contribution in [2.24, 2.45) is 0 Å². The lowest BCUT2D eigenvalue weighted by Crippen LogP contribution is -2.02. The van der Waals surface area contributed by atoms with Crippen LogP contribution in [0.3, 0.4) is 0 Å². The monoisotopic (exact) mass is 268 g/mol. The van der Waals surface area contributed by atoms with Crippen molar-refractivity contribution < 1.29 is 11.0 Å². The summed E-state index contributed by atoms with van der Waals surface area (Å²) in [7, 11) is 0. The molecule has 2 heteroatoms. The molecule has 0 aromatic heterocycles. The van der Waals surface area contributed by atoms with Crippen molar-refractivity contribution in [2.75, 3.05) is 0 Å². The Balaban J connectivity index is 0.000000735. The molecule has 1 aliphatic carbocycles. The van der Waals surface area contributed by atoms with E-state index in [9.17, 15) is 0 Å². The molecule has 0 spiro atoms. The Morgan fingerprint density at radius 1 is 0.600 bits per heavy atom. The Bertz CT molecular complexity index is 747. The zero-order valence-electron chi connectivity index (χ0n) is 11.4. The summed E-state index contributed by atoms with van der Waals surface area (Å²) in [6, 6.07) is 18.0. The molecule has 20 heavy (non-hydrogen) atoms. The molecule has 4 N–H and O–H groups in total. The van der Waals surface area contributed by atoms with Gasteiger partial charge in [-0.3, -0.25) is 0 Å². The standard InChI is InChI=1S/C18H16.2H2O/c1-3-7-15-13(5-1)9-11-18-16-8-4-2-6-14(16)10-12-17(15)18;;/h1,3,5,7,9-12H,2,4,6,8H2;2*1H2. The predicted octanol–water partition coefficient (Wildman–Crippen LogP) is 3.22. The fourth-order valence-electron chi connectivity index (χ4n) is 3.34. The Hall–Kier alpha value is -1.90. The summed E-state index contributed by atoms with van der Waals surface area (Å²) >= 11 is 0. The first-order valence-corrected chi connectivity index (χ1v) is 6.86. The quantitative estimate of drug-likeness (QED) is 0.562. The van der Waals surface area contributed by atoms with Crippen LogP contribution in [0.15, 0.2) is 48.5 Å². The average molecular weight is 268 g/mol. The van der Waals surface area contributed by atoms with Gasteiger partial charge in [-0.25, -0.2) is 0 Å². The number of aryl methyl sites for hydroxylation is 2. The maximum atomic E-state index is 2.35. The molecule has 3 aromatic rings. The fraction of sp³-hybridized carbons (Fsp3) is 0.222. The second kappa shape index (κ2) is 5.61. The largest absolute Gasteiger partial charge is 0.412 e. The van der Waals surface area contributed by atoms with Crippen LogP contribution in [0.4, 0.5) is 0 Å². The minimum Gasteiger partial charge on any atom is -0.412 e. The summed E-state index contributed by atoms with van der Waals surface area (Å²) in [5.41, 5.74) is 3.17. The molecule has 0 heterocycles. The maximum absolute atomic E-state index is 2.35. The highest BCUT2D eigenvalue weighted by Gasteiger charge is 2.12. The predicted molar refractivity (Wildman–Crippen MR) is 85.3 cm³/mol. The van der Waals surface area contributed by atoms with Gasteiger partial charge in [0.15, 0.2) is 0 Å². The molecule has 3 aromatic carbocycles. The first kappa shape index (κ1) is 14.5. The van der Waals surface area contributed by atoms with Gasteiger partial charge in [-0.2, -0.15) is 0 Å². The van der Waals surface area contributed by atoms with E-state index in [0.717, 1.165) is 0 Å². The molecule has 4 rings (SSSR count). The van der Waals surface area contributed by atoms with E-state index in [0.29, 0.717) is 0 Å². The van der Waals surface area contributed by atoms with Gasteiger partial charge in [-0.1, -0.05) is 48.5 Å². The highest BCUT2D eigenvalue weighted by Crippen LogP contribution is 2.32. The van der Waals surface area contributed by atoms with Gasteiger partial charge in [0.05, 0.1) is 0 Å². The third kappa shape index (κ3) is 2.07. The smallest absolute Gasteiger partial charge is 0.0102 e. The summed E-state index contributed by atoms with van der Waals surface area (Å²) in [6.45, 7) is 0. The van der Waals surface area contributed by atoms with E-state index in [2.05, 4.69) is 48.5 Å². The topological polar surface area (TPSA) is 63.0 Å². The molecular weight excluding hydrogens is 248 g/mol. The first-order chi connectivity index (χ1) is 8.93. The van der Waals surface area contributed by atoms with E-state index in [4.69, 9.17) is 0 Å². The zero-order chi connectivity index (χ0) is 11.9. The Kier molecular flexibility index (Phi) is 4.07. The molecule has 0 saturated carbocycles. The van der Waals surface area contributed by atoms with E-state index < -0.39 is 0 Å². The van der Waals surface area contributed by atoms with Crippen LogP contribution in [0.1, 0.15) is 24.0 Å². The lowest BCUT2D eigenvalue weighted by atomic mass is 9.86. The molecule has 2 nitrogen and oxygen atoms in total. The highest BCUT2D eigenvalue weighted by molar-refractivity contribution is 6.08. The SMILES string of the molecule is O.O.c1ccc2c(c1)ccc1c3c(ccc12)CCCC3. The zero-order valence-corrected chi connectivity index (χ0v) is 11.4. The van der Waals surface area contributed by atoms with Crippen molar-refractivity contribution >= 4 is 21.5 Å². The van der Waals surface area contributed by atoms with Crippen molar-refractivity contribution in [3.05, 3.63) is 59.7 Å². The fourth-order valence-corrected chi connectivity index (χ4v) is 3.34. The average Bonchev–Trinajstić information content (AvgIpc) is 2.46. The van der Waals surface area contributed by atoms with Crippen LogP contribution in [0.25, 0.3) is 21.5 Å². The molecule has 0 fully saturated rings. The molecule has 0 radical (unpaired) electrons. The van der Waals surface area contributed by atoms with Gasteiger partial charge in [0.1, 0.15) is 0 Å². The van der Waals surface area contributed by atoms with Gasteiger partial charge in [0, 0.05) is 0 Å². The van der Waals surface area contributed by atoms with Gasteiger partial charge in [0.25, 0.3) is 0 Å². The van der Waals surface area contributed by atoms with Crippen molar-refractivity contribution in [3.8, 4) is 0 Å². The van der Waals surface area contributed by atoms with Gasteiger partial charge >= 0.3 is 0 Å². The van der Waals surface area contributed by atoms with Crippen LogP contribution < -0.4 is 0 Å². The molecule has 0 bridgehead atoms. The number of rotatable bonds is 0. The number of hydrogen-bond donors (Lipinski definition) is 0. The molecule has 0 aliphatic heterocycles. The first-order valence-electron chi connectivity index (χ1n) is 6.86. The molecular formula is C18H20O2. The third-order valence-electron chi connectivity index (χ3n) is 4.26. The Labute approximate surface area is 118 Å². The molecule has 104 valence electrons. The van der Waals surface area contributed by atoms with Crippen LogP contribution in [0.2, 0.25) is 0 Å². The Morgan fingerprint density at radius 2 is 1.35 bits per heavy atom. The van der Waals surface area contributed by atoms with E-state index in [-0.39, 0.29) is 11.0 Å².